The molecule has 3 rings (SSSR count). The van der Waals surface area contributed by atoms with Gasteiger partial charge in [-0.2, -0.15) is 5.26 Å². The number of nitrogens with zero attached hydrogens (tertiary/aromatic N) is 1. The van der Waals surface area contributed by atoms with Crippen molar-refractivity contribution >= 4 is 27.5 Å². The number of carbonyl (C=O) groups is 2. The van der Waals surface area contributed by atoms with Crippen molar-refractivity contribution in [3.63, 3.8) is 0 Å². The molecule has 2 aromatic rings. The van der Waals surface area contributed by atoms with E-state index in [9.17, 15) is 18.0 Å². The maximum atomic E-state index is 12.5. The van der Waals surface area contributed by atoms with Crippen LogP contribution in [0, 0.1) is 11.3 Å². The highest BCUT2D eigenvalue weighted by Crippen LogP contribution is 2.32. The molecule has 2 amide bonds. The Morgan fingerprint density at radius 2 is 1.96 bits per heavy atom. The Morgan fingerprint density at radius 3 is 2.72 bits per heavy atom. The molecule has 0 saturated carbocycles. The predicted octanol–water partition coefficient (Wildman–Crippen LogP) is 1.49. The number of hydrogen-bond donors (Lipinski definition) is 2. The van der Waals surface area contributed by atoms with Crippen LogP contribution in [-0.4, -0.2) is 20.2 Å². The first kappa shape index (κ1) is 16.7. The fraction of sp³-hybridized carbons (Fsp3) is 0.118. The van der Waals surface area contributed by atoms with Crippen molar-refractivity contribution in [2.75, 3.05) is 5.32 Å². The molecule has 1 heterocycles. The highest BCUT2D eigenvalue weighted by molar-refractivity contribution is 7.90. The fourth-order valence-electron chi connectivity index (χ4n) is 2.64. The van der Waals surface area contributed by atoms with Crippen LogP contribution >= 0.6 is 0 Å². The highest BCUT2D eigenvalue weighted by atomic mass is 32.2. The van der Waals surface area contributed by atoms with Gasteiger partial charge in [0.15, 0.2) is 0 Å². The summed E-state index contributed by atoms with van der Waals surface area (Å²) in [7, 11) is -4.14. The van der Waals surface area contributed by atoms with Gasteiger partial charge in [0.25, 0.3) is 10.0 Å². The zero-order chi connectivity index (χ0) is 18.0. The number of amides is 2. The molecule has 7 nitrogen and oxygen atoms in total. The van der Waals surface area contributed by atoms with Crippen molar-refractivity contribution in [3.8, 4) is 6.07 Å². The van der Waals surface area contributed by atoms with Gasteiger partial charge in [-0.1, -0.05) is 24.3 Å². The summed E-state index contributed by atoms with van der Waals surface area (Å²) in [6.45, 7) is 0. The first-order valence-corrected chi connectivity index (χ1v) is 8.84. The molecule has 1 unspecified atom stereocenters. The maximum Gasteiger partial charge on any atom is 0.264 e. The van der Waals surface area contributed by atoms with E-state index in [0.717, 1.165) is 0 Å². The average molecular weight is 355 g/mol. The number of carbonyl (C=O) groups excluding carboxylic acids is 2. The number of benzene rings is 2. The first-order chi connectivity index (χ1) is 11.9. The minimum absolute atomic E-state index is 0.142. The lowest BCUT2D eigenvalue weighted by Crippen LogP contribution is -2.38. The summed E-state index contributed by atoms with van der Waals surface area (Å²) in [6, 6.07) is 13.9. The largest absolute Gasteiger partial charge is 0.326 e. The quantitative estimate of drug-likeness (QED) is 0.865. The maximum absolute atomic E-state index is 12.5. The van der Waals surface area contributed by atoms with E-state index in [1.165, 1.54) is 24.3 Å². The van der Waals surface area contributed by atoms with Crippen LogP contribution in [0.25, 0.3) is 0 Å². The minimum Gasteiger partial charge on any atom is -0.326 e. The second-order valence-electron chi connectivity index (χ2n) is 5.50. The third-order valence-electron chi connectivity index (χ3n) is 3.82. The molecule has 0 aliphatic carbocycles. The smallest absolute Gasteiger partial charge is 0.264 e. The monoisotopic (exact) mass is 355 g/mol. The Balaban J connectivity index is 1.89. The summed E-state index contributed by atoms with van der Waals surface area (Å²) in [6.07, 6.45) is -0.142. The topological polar surface area (TPSA) is 116 Å². The van der Waals surface area contributed by atoms with Crippen molar-refractivity contribution in [1.82, 2.24) is 4.72 Å². The molecule has 0 aromatic heterocycles. The number of fused-ring (bicyclic) bond motifs is 1. The van der Waals surface area contributed by atoms with Crippen LogP contribution in [0.3, 0.4) is 0 Å². The molecule has 0 radical (unpaired) electrons. The van der Waals surface area contributed by atoms with Crippen molar-refractivity contribution < 1.29 is 18.0 Å². The van der Waals surface area contributed by atoms with E-state index in [2.05, 4.69) is 5.32 Å². The Kier molecular flexibility index (Phi) is 4.25. The Morgan fingerprint density at radius 1 is 1.20 bits per heavy atom. The summed E-state index contributed by atoms with van der Waals surface area (Å²) in [4.78, 5) is 24.1. The Labute approximate surface area is 144 Å². The fourth-order valence-corrected chi connectivity index (χ4v) is 3.71. The van der Waals surface area contributed by atoms with E-state index < -0.39 is 21.8 Å². The molecule has 0 spiro atoms. The molecule has 1 atom stereocenters. The van der Waals surface area contributed by atoms with Crippen molar-refractivity contribution in [3.05, 3.63) is 59.7 Å². The molecule has 126 valence electrons. The van der Waals surface area contributed by atoms with Gasteiger partial charge in [-0.15, -0.1) is 0 Å². The molecule has 2 N–H and O–H groups in total. The van der Waals surface area contributed by atoms with Gasteiger partial charge in [-0.3, -0.25) is 9.59 Å². The predicted molar refractivity (Wildman–Crippen MR) is 88.9 cm³/mol. The standard InChI is InChI=1S/C17H13N3O4S/c18-10-11-4-3-5-12(8-11)25(23,24)20-17(22)14-9-16(21)19-15-7-2-1-6-13(14)15/h1-8,14H,9H2,(H,19,21)(H,20,22). The molecule has 0 bridgehead atoms. The molecule has 0 fully saturated rings. The van der Waals surface area contributed by atoms with E-state index in [-0.39, 0.29) is 22.8 Å². The average Bonchev–Trinajstić information content (AvgIpc) is 2.60. The molecular formula is C17H13N3O4S. The molecule has 2 aromatic carbocycles. The van der Waals surface area contributed by atoms with Gasteiger partial charge in [0.1, 0.15) is 0 Å². The summed E-state index contributed by atoms with van der Waals surface area (Å²) < 4.78 is 26.8. The second kappa shape index (κ2) is 6.37. The molecular weight excluding hydrogens is 342 g/mol. The van der Waals surface area contributed by atoms with E-state index in [1.807, 2.05) is 10.8 Å². The van der Waals surface area contributed by atoms with Crippen LogP contribution in [0.2, 0.25) is 0 Å². The third-order valence-corrected chi connectivity index (χ3v) is 5.17. The number of anilines is 1. The van der Waals surface area contributed by atoms with Crippen LogP contribution in [0.5, 0.6) is 0 Å². The number of para-hydroxylation sites is 1. The van der Waals surface area contributed by atoms with Crippen LogP contribution in [0.1, 0.15) is 23.5 Å². The summed E-state index contributed by atoms with van der Waals surface area (Å²) in [5.41, 5.74) is 1.21. The van der Waals surface area contributed by atoms with E-state index in [1.54, 1.807) is 24.3 Å². The molecule has 25 heavy (non-hydrogen) atoms. The second-order valence-corrected chi connectivity index (χ2v) is 7.18. The number of hydrogen-bond acceptors (Lipinski definition) is 5. The Bertz CT molecular complexity index is 1010. The molecule has 1 aliphatic heterocycles. The number of rotatable bonds is 3. The number of nitriles is 1. The first-order valence-electron chi connectivity index (χ1n) is 7.36. The lowest BCUT2D eigenvalue weighted by atomic mass is 9.90. The zero-order valence-electron chi connectivity index (χ0n) is 12.9. The molecule has 0 saturated heterocycles. The molecule has 1 aliphatic rings. The molecule has 8 heteroatoms. The van der Waals surface area contributed by atoms with E-state index in [0.29, 0.717) is 11.3 Å². The van der Waals surface area contributed by atoms with Gasteiger partial charge in [0.2, 0.25) is 11.8 Å². The van der Waals surface area contributed by atoms with Crippen molar-refractivity contribution in [2.45, 2.75) is 17.2 Å². The lowest BCUT2D eigenvalue weighted by Gasteiger charge is -2.24. The van der Waals surface area contributed by atoms with Crippen molar-refractivity contribution in [2.24, 2.45) is 0 Å². The number of nitrogens with one attached hydrogen (secondary N) is 2. The van der Waals surface area contributed by atoms with E-state index >= 15 is 0 Å². The van der Waals surface area contributed by atoms with Gasteiger partial charge >= 0.3 is 0 Å². The highest BCUT2D eigenvalue weighted by Gasteiger charge is 2.32. The van der Waals surface area contributed by atoms with Gasteiger partial charge in [0, 0.05) is 12.1 Å². The van der Waals surface area contributed by atoms with Crippen molar-refractivity contribution in [1.29, 1.82) is 5.26 Å². The normalized spacial score (nSPS) is 16.3. The van der Waals surface area contributed by atoms with Gasteiger partial charge in [-0.25, -0.2) is 13.1 Å². The summed E-state index contributed by atoms with van der Waals surface area (Å²) in [5.74, 6) is -2.05. The number of sulfonamides is 1. The van der Waals surface area contributed by atoms with Crippen LogP contribution < -0.4 is 10.0 Å². The third kappa shape index (κ3) is 3.36. The van der Waals surface area contributed by atoms with Crippen LogP contribution in [0.15, 0.2) is 53.4 Å². The van der Waals surface area contributed by atoms with E-state index in [4.69, 9.17) is 5.26 Å². The lowest BCUT2D eigenvalue weighted by molar-refractivity contribution is -0.125. The summed E-state index contributed by atoms with van der Waals surface area (Å²) >= 11 is 0. The minimum atomic E-state index is -4.14. The SMILES string of the molecule is N#Cc1cccc(S(=O)(=O)NC(=O)C2CC(=O)Nc3ccccc32)c1. The van der Waals surface area contributed by atoms with Gasteiger partial charge in [-0.05, 0) is 29.8 Å². The van der Waals surface area contributed by atoms with Crippen LogP contribution in [-0.2, 0) is 19.6 Å². The van der Waals surface area contributed by atoms with Crippen LogP contribution in [0.4, 0.5) is 5.69 Å². The summed E-state index contributed by atoms with van der Waals surface area (Å²) in [5, 5.41) is 11.5. The van der Waals surface area contributed by atoms with Gasteiger partial charge in [0.05, 0.1) is 22.4 Å². The van der Waals surface area contributed by atoms with Gasteiger partial charge < -0.3 is 5.32 Å². The Hall–Kier alpha value is -3.18. The zero-order valence-corrected chi connectivity index (χ0v) is 13.7.